The number of carbonyl (C=O) groups is 1. The van der Waals surface area contributed by atoms with Crippen molar-refractivity contribution in [3.63, 3.8) is 0 Å². The third kappa shape index (κ3) is 6.31. The number of rotatable bonds is 8. The molecule has 4 aromatic rings. The maximum atomic E-state index is 11.8. The zero-order valence-electron chi connectivity index (χ0n) is 17.8. The van der Waals surface area contributed by atoms with Crippen LogP contribution in [0.2, 0.25) is 5.02 Å². The highest BCUT2D eigenvalue weighted by atomic mass is 79.9. The molecule has 174 valence electrons. The third-order valence-electron chi connectivity index (χ3n) is 4.68. The number of aliphatic carboxylic acids is 1. The summed E-state index contributed by atoms with van der Waals surface area (Å²) in [6.07, 6.45) is 1.50. The van der Waals surface area contributed by atoms with Gasteiger partial charge in [0.2, 0.25) is 5.89 Å². The van der Waals surface area contributed by atoms with Crippen molar-refractivity contribution >= 4 is 51.3 Å². The second kappa shape index (κ2) is 11.2. The molecule has 7 nitrogen and oxygen atoms in total. The Morgan fingerprint density at radius 2 is 1.94 bits per heavy atom. The molecule has 0 aliphatic rings. The van der Waals surface area contributed by atoms with Gasteiger partial charge in [0, 0.05) is 16.1 Å². The summed E-state index contributed by atoms with van der Waals surface area (Å²) >= 11 is 10.2. The van der Waals surface area contributed by atoms with Crippen molar-refractivity contribution in [2.45, 2.75) is 11.8 Å². The van der Waals surface area contributed by atoms with Gasteiger partial charge in [-0.3, -0.25) is 0 Å². The minimum Gasteiger partial charge on any atom is -0.488 e. The number of carboxylic acids is 1. The Kier molecular flexibility index (Phi) is 7.87. The molecular formula is C25H15BrClN3O4S. The van der Waals surface area contributed by atoms with Crippen molar-refractivity contribution in [2.75, 3.05) is 0 Å². The average Bonchev–Trinajstić information content (AvgIpc) is 3.32. The molecule has 0 saturated heterocycles. The van der Waals surface area contributed by atoms with Crippen LogP contribution < -0.4 is 4.74 Å². The van der Waals surface area contributed by atoms with Gasteiger partial charge in [-0.2, -0.15) is 5.26 Å². The lowest BCUT2D eigenvalue weighted by molar-refractivity contribution is -0.131. The lowest BCUT2D eigenvalue weighted by Crippen LogP contribution is -1.99. The standard InChI is InChI=1S/C25H15BrClN3O4S/c26-20-11-15(5-10-21(20)33-14-18-4-2-1-3-17(18)13-28)12-22(24(31)32)35-25-30-29-23(34-25)16-6-8-19(27)9-7-16/h1-12H,14H2,(H,31,32)/b22-12-. The molecule has 0 saturated carbocycles. The van der Waals surface area contributed by atoms with E-state index < -0.39 is 5.97 Å². The van der Waals surface area contributed by atoms with E-state index in [1.807, 2.05) is 12.1 Å². The van der Waals surface area contributed by atoms with E-state index in [2.05, 4.69) is 32.2 Å². The molecule has 10 heteroatoms. The molecule has 0 radical (unpaired) electrons. The van der Waals surface area contributed by atoms with E-state index in [4.69, 9.17) is 20.8 Å². The lowest BCUT2D eigenvalue weighted by atomic mass is 10.1. The molecule has 3 aromatic carbocycles. The summed E-state index contributed by atoms with van der Waals surface area (Å²) in [5.41, 5.74) is 2.62. The van der Waals surface area contributed by atoms with Crippen LogP contribution in [0.5, 0.6) is 5.75 Å². The zero-order valence-corrected chi connectivity index (χ0v) is 21.0. The van der Waals surface area contributed by atoms with E-state index in [0.717, 1.165) is 17.3 Å². The van der Waals surface area contributed by atoms with Crippen LogP contribution in [0.25, 0.3) is 17.5 Å². The predicted octanol–water partition coefficient (Wildman–Crippen LogP) is 6.82. The van der Waals surface area contributed by atoms with E-state index in [1.165, 1.54) is 6.08 Å². The van der Waals surface area contributed by atoms with Crippen LogP contribution in [0.3, 0.4) is 0 Å². The molecule has 0 aliphatic carbocycles. The van der Waals surface area contributed by atoms with Gasteiger partial charge in [0.05, 0.1) is 16.1 Å². The molecule has 1 aromatic heterocycles. The first-order valence-corrected chi connectivity index (χ1v) is 12.0. The number of nitriles is 1. The number of benzene rings is 3. The van der Waals surface area contributed by atoms with Gasteiger partial charge in [-0.25, -0.2) is 4.79 Å². The van der Waals surface area contributed by atoms with Gasteiger partial charge in [0.25, 0.3) is 5.22 Å². The fourth-order valence-electron chi connectivity index (χ4n) is 2.98. The van der Waals surface area contributed by atoms with Crippen LogP contribution in [-0.4, -0.2) is 21.3 Å². The number of hydrogen-bond donors (Lipinski definition) is 1. The van der Waals surface area contributed by atoms with Crippen LogP contribution in [0.4, 0.5) is 0 Å². The van der Waals surface area contributed by atoms with Crippen LogP contribution in [-0.2, 0) is 11.4 Å². The van der Waals surface area contributed by atoms with Gasteiger partial charge < -0.3 is 14.3 Å². The highest BCUT2D eigenvalue weighted by Crippen LogP contribution is 2.32. The molecular weight excluding hydrogens is 554 g/mol. The van der Waals surface area contributed by atoms with Gasteiger partial charge in [0.1, 0.15) is 17.3 Å². The summed E-state index contributed by atoms with van der Waals surface area (Å²) in [5.74, 6) is -0.314. The molecule has 0 amide bonds. The van der Waals surface area contributed by atoms with Gasteiger partial charge >= 0.3 is 5.97 Å². The second-order valence-corrected chi connectivity index (χ2v) is 9.33. The zero-order chi connectivity index (χ0) is 24.8. The molecule has 35 heavy (non-hydrogen) atoms. The Balaban J connectivity index is 1.49. The number of carboxylic acid groups (broad SMARTS) is 1. The van der Waals surface area contributed by atoms with E-state index in [-0.39, 0.29) is 22.6 Å². The molecule has 1 N–H and O–H groups in total. The fourth-order valence-corrected chi connectivity index (χ4v) is 4.28. The number of thioether (sulfide) groups is 1. The molecule has 4 rings (SSSR count). The van der Waals surface area contributed by atoms with Crippen molar-refractivity contribution in [2.24, 2.45) is 0 Å². The molecule has 0 atom stereocenters. The maximum Gasteiger partial charge on any atom is 0.342 e. The summed E-state index contributed by atoms with van der Waals surface area (Å²) < 4.78 is 12.1. The van der Waals surface area contributed by atoms with Crippen molar-refractivity contribution < 1.29 is 19.1 Å². The highest BCUT2D eigenvalue weighted by Gasteiger charge is 2.16. The van der Waals surface area contributed by atoms with E-state index in [1.54, 1.807) is 54.6 Å². The van der Waals surface area contributed by atoms with Crippen LogP contribution in [0.1, 0.15) is 16.7 Å². The molecule has 0 bridgehead atoms. The Morgan fingerprint density at radius 3 is 2.66 bits per heavy atom. The summed E-state index contributed by atoms with van der Waals surface area (Å²) in [6.45, 7) is 0.223. The molecule has 0 spiro atoms. The van der Waals surface area contributed by atoms with Crippen molar-refractivity contribution in [1.82, 2.24) is 10.2 Å². The third-order valence-corrected chi connectivity index (χ3v) is 6.40. The van der Waals surface area contributed by atoms with Gasteiger partial charge in [0.15, 0.2) is 0 Å². The van der Waals surface area contributed by atoms with Crippen molar-refractivity contribution in [3.05, 3.63) is 97.8 Å². The molecule has 1 heterocycles. The SMILES string of the molecule is N#Cc1ccccc1COc1ccc(/C=C(\Sc2nnc(-c3ccc(Cl)cc3)o2)C(=O)O)cc1Br. The Morgan fingerprint density at radius 1 is 1.17 bits per heavy atom. The summed E-state index contributed by atoms with van der Waals surface area (Å²) in [5, 5.41) is 27.5. The predicted molar refractivity (Wildman–Crippen MR) is 136 cm³/mol. The van der Waals surface area contributed by atoms with Crippen molar-refractivity contribution in [1.29, 1.82) is 5.26 Å². The van der Waals surface area contributed by atoms with Crippen LogP contribution in [0.15, 0.2) is 85.7 Å². The smallest absolute Gasteiger partial charge is 0.342 e. The summed E-state index contributed by atoms with van der Waals surface area (Å²) in [7, 11) is 0. The summed E-state index contributed by atoms with van der Waals surface area (Å²) in [4.78, 5) is 11.8. The number of halogens is 2. The van der Waals surface area contributed by atoms with E-state index >= 15 is 0 Å². The van der Waals surface area contributed by atoms with E-state index in [0.29, 0.717) is 31.9 Å². The molecule has 0 fully saturated rings. The lowest BCUT2D eigenvalue weighted by Gasteiger charge is -2.10. The normalized spacial score (nSPS) is 11.2. The van der Waals surface area contributed by atoms with E-state index in [9.17, 15) is 15.2 Å². The minimum absolute atomic E-state index is 0.000165. The first-order valence-electron chi connectivity index (χ1n) is 10.1. The van der Waals surface area contributed by atoms with Gasteiger partial charge in [-0.05, 0) is 81.8 Å². The highest BCUT2D eigenvalue weighted by molar-refractivity contribution is 9.10. The first-order chi connectivity index (χ1) is 16.9. The average molecular weight is 569 g/mol. The minimum atomic E-state index is -1.13. The topological polar surface area (TPSA) is 109 Å². The Bertz CT molecular complexity index is 1450. The van der Waals surface area contributed by atoms with Crippen LogP contribution in [0, 0.1) is 11.3 Å². The Hall–Kier alpha value is -3.58. The van der Waals surface area contributed by atoms with Gasteiger partial charge in [-0.1, -0.05) is 35.9 Å². The maximum absolute atomic E-state index is 11.8. The number of hydrogen-bond acceptors (Lipinski definition) is 7. The second-order valence-electron chi connectivity index (χ2n) is 7.04. The molecule has 0 unspecified atom stereocenters. The van der Waals surface area contributed by atoms with Crippen LogP contribution >= 0.6 is 39.3 Å². The fraction of sp³-hybridized carbons (Fsp3) is 0.0400. The largest absolute Gasteiger partial charge is 0.488 e. The number of nitrogens with zero attached hydrogens (tertiary/aromatic N) is 3. The number of ether oxygens (including phenoxy) is 1. The molecule has 0 aliphatic heterocycles. The monoisotopic (exact) mass is 567 g/mol. The quantitative estimate of drug-likeness (QED) is 0.182. The summed E-state index contributed by atoms with van der Waals surface area (Å²) in [6, 6.07) is 21.4. The number of aromatic nitrogens is 2. The van der Waals surface area contributed by atoms with Crippen molar-refractivity contribution in [3.8, 4) is 23.3 Å². The Labute approximate surface area is 218 Å². The van der Waals surface area contributed by atoms with Gasteiger partial charge in [-0.15, -0.1) is 10.2 Å². The first kappa shape index (κ1) is 24.5.